The van der Waals surface area contributed by atoms with Gasteiger partial charge in [-0.15, -0.1) is 5.10 Å². The molecule has 0 aliphatic rings. The van der Waals surface area contributed by atoms with Gasteiger partial charge in [-0.25, -0.2) is 4.68 Å². The molecule has 72 heavy (non-hydrogen) atoms. The number of amides is 7. The summed E-state index contributed by atoms with van der Waals surface area (Å²) in [5, 5.41) is 37.0. The molecule has 0 spiro atoms. The molecule has 25 heteroatoms. The highest BCUT2D eigenvalue weighted by Gasteiger charge is 2.33. The van der Waals surface area contributed by atoms with E-state index in [9.17, 15) is 33.6 Å². The van der Waals surface area contributed by atoms with E-state index >= 15 is 0 Å². The lowest BCUT2D eigenvalue weighted by atomic mass is 10.00. The molecule has 0 unspecified atom stereocenters. The van der Waals surface area contributed by atoms with Crippen molar-refractivity contribution in [2.75, 3.05) is 78.7 Å². The van der Waals surface area contributed by atoms with Crippen LogP contribution >= 0.6 is 0 Å². The standard InChI is InChI=1S/C47H81N17O8/c1-4-5-9-19-55-44(68)39(31-42(66)54-24-22-52-20-17-49)59-47(71)40(32-43(67)53-23-21-51-18-11-16-48)60-45(69)37(29-34(2)3)58-46(70)38(30-35-12-7-6-8-13-35)57-41(65)15-10-14-36-33-64(63-61-36)26-28-72-27-25-56-62-50/h6-8,12-13,33-34,37-40,51-52H,4-5,9-11,14-32,48-49H2,1-3H3,(H,53,67)(H,54,66)(H,55,68)(H,57,65)(H,58,70)(H,59,71)(H,60,69)/t37-,38+,39-,40+/m0/s1. The number of nitrogens with one attached hydrogen (secondary N) is 9. The normalized spacial score (nSPS) is 12.6. The Balaban J connectivity index is 2.29. The number of carbonyl (C=O) groups is 7. The van der Waals surface area contributed by atoms with Crippen LogP contribution in [0.4, 0.5) is 0 Å². The number of azide groups is 1. The SMILES string of the molecule is CCCCCNC(=O)[C@H](CC(=O)NCCNCCN)NC(=O)[C@@H](CC(=O)NCCNCCCN)NC(=O)[C@H](CC(C)C)NC(=O)[C@@H](Cc1ccccc1)NC(=O)CCCc1cn(CCOCCN=[N+]=[N-])nn1. The molecule has 0 radical (unpaired) electrons. The molecule has 4 atom stereocenters. The molecule has 25 nitrogen and oxygen atoms in total. The topological polar surface area (TPSA) is 368 Å². The summed E-state index contributed by atoms with van der Waals surface area (Å²) in [5.74, 6) is -4.60. The van der Waals surface area contributed by atoms with Crippen molar-refractivity contribution < 1.29 is 38.3 Å². The summed E-state index contributed by atoms with van der Waals surface area (Å²) >= 11 is 0. The Morgan fingerprint density at radius 3 is 1.97 bits per heavy atom. The molecule has 402 valence electrons. The zero-order valence-electron chi connectivity index (χ0n) is 42.4. The number of rotatable bonds is 41. The van der Waals surface area contributed by atoms with Crippen molar-refractivity contribution in [2.24, 2.45) is 22.5 Å². The van der Waals surface area contributed by atoms with E-state index in [-0.39, 0.29) is 51.4 Å². The summed E-state index contributed by atoms with van der Waals surface area (Å²) in [4.78, 5) is 98.8. The summed E-state index contributed by atoms with van der Waals surface area (Å²) < 4.78 is 7.03. The molecule has 0 saturated heterocycles. The van der Waals surface area contributed by atoms with Gasteiger partial charge in [-0.2, -0.15) is 0 Å². The Labute approximate surface area is 423 Å². The number of hydrogen-bond donors (Lipinski definition) is 11. The highest BCUT2D eigenvalue weighted by molar-refractivity contribution is 5.98. The fraction of sp³-hybridized carbons (Fsp3) is 0.681. The number of hydrogen-bond acceptors (Lipinski definition) is 15. The highest BCUT2D eigenvalue weighted by atomic mass is 16.5. The fourth-order valence-corrected chi connectivity index (χ4v) is 7.05. The van der Waals surface area contributed by atoms with Gasteiger partial charge < -0.3 is 64.1 Å². The maximum atomic E-state index is 14.3. The predicted octanol–water partition coefficient (Wildman–Crippen LogP) is -1.04. The van der Waals surface area contributed by atoms with E-state index in [1.54, 1.807) is 23.0 Å². The van der Waals surface area contributed by atoms with Crippen LogP contribution in [0.2, 0.25) is 0 Å². The Morgan fingerprint density at radius 1 is 0.694 bits per heavy atom. The van der Waals surface area contributed by atoms with Gasteiger partial charge in [0.2, 0.25) is 41.4 Å². The summed E-state index contributed by atoms with van der Waals surface area (Å²) in [6, 6.07) is 3.82. The number of unbranched alkanes of at least 4 members (excludes halogenated alkanes) is 2. The van der Waals surface area contributed by atoms with Crippen LogP contribution in [0, 0.1) is 5.92 Å². The first-order valence-corrected chi connectivity index (χ1v) is 25.1. The number of aryl methyl sites for hydroxylation is 1. The van der Waals surface area contributed by atoms with Gasteiger partial charge in [0.25, 0.3) is 0 Å². The average Bonchev–Trinajstić information content (AvgIpc) is 3.81. The molecule has 0 fully saturated rings. The zero-order chi connectivity index (χ0) is 52.8. The average molecular weight is 1010 g/mol. The van der Waals surface area contributed by atoms with Crippen LogP contribution in [-0.2, 0) is 57.7 Å². The molecule has 2 rings (SSSR count). The van der Waals surface area contributed by atoms with Crippen LogP contribution in [0.15, 0.2) is 41.6 Å². The van der Waals surface area contributed by atoms with Crippen LogP contribution in [0.25, 0.3) is 10.4 Å². The Morgan fingerprint density at radius 2 is 1.33 bits per heavy atom. The van der Waals surface area contributed by atoms with E-state index in [4.69, 9.17) is 21.7 Å². The van der Waals surface area contributed by atoms with Gasteiger partial charge in [0, 0.05) is 76.3 Å². The van der Waals surface area contributed by atoms with Gasteiger partial charge in [0.15, 0.2) is 0 Å². The molecule has 0 saturated carbocycles. The van der Waals surface area contributed by atoms with Crippen molar-refractivity contribution in [1.82, 2.24) is 62.8 Å². The Bertz CT molecular complexity index is 1950. The molecule has 2 aromatic rings. The lowest BCUT2D eigenvalue weighted by molar-refractivity contribution is -0.136. The molecular formula is C47H81N17O8. The maximum absolute atomic E-state index is 14.3. The fourth-order valence-electron chi connectivity index (χ4n) is 7.05. The minimum Gasteiger partial charge on any atom is -0.379 e. The van der Waals surface area contributed by atoms with Crippen molar-refractivity contribution >= 4 is 41.4 Å². The van der Waals surface area contributed by atoms with Crippen molar-refractivity contribution in [1.29, 1.82) is 0 Å². The second-order valence-corrected chi connectivity index (χ2v) is 17.6. The van der Waals surface area contributed by atoms with Crippen molar-refractivity contribution in [3.63, 3.8) is 0 Å². The third-order valence-corrected chi connectivity index (χ3v) is 10.8. The second-order valence-electron chi connectivity index (χ2n) is 17.6. The third-order valence-electron chi connectivity index (χ3n) is 10.8. The number of nitrogens with two attached hydrogens (primary N) is 2. The monoisotopic (exact) mass is 1010 g/mol. The Kier molecular flexibility index (Phi) is 33.0. The minimum absolute atomic E-state index is 0.0535. The highest BCUT2D eigenvalue weighted by Crippen LogP contribution is 2.11. The maximum Gasteiger partial charge on any atom is 0.243 e. The number of nitrogens with zero attached hydrogens (tertiary/aromatic N) is 6. The van der Waals surface area contributed by atoms with E-state index in [2.05, 4.69) is 68.2 Å². The van der Waals surface area contributed by atoms with E-state index in [1.165, 1.54) is 0 Å². The van der Waals surface area contributed by atoms with Gasteiger partial charge in [0.05, 0.1) is 38.3 Å². The van der Waals surface area contributed by atoms with E-state index in [1.807, 2.05) is 39.0 Å². The molecule has 1 aromatic carbocycles. The van der Waals surface area contributed by atoms with Crippen LogP contribution in [0.1, 0.15) is 89.8 Å². The summed E-state index contributed by atoms with van der Waals surface area (Å²) in [7, 11) is 0. The Hall–Kier alpha value is -6.24. The van der Waals surface area contributed by atoms with Gasteiger partial charge in [-0.05, 0) is 62.2 Å². The van der Waals surface area contributed by atoms with Crippen LogP contribution in [0.5, 0.6) is 0 Å². The number of aromatic nitrogens is 3. The lowest BCUT2D eigenvalue weighted by Gasteiger charge is -2.27. The largest absolute Gasteiger partial charge is 0.379 e. The smallest absolute Gasteiger partial charge is 0.243 e. The van der Waals surface area contributed by atoms with Gasteiger partial charge >= 0.3 is 0 Å². The first-order chi connectivity index (χ1) is 34.8. The molecule has 0 bridgehead atoms. The van der Waals surface area contributed by atoms with E-state index in [0.29, 0.717) is 83.9 Å². The quantitative estimate of drug-likeness (QED) is 0.0164. The van der Waals surface area contributed by atoms with Gasteiger partial charge in [-0.1, -0.05) is 74.3 Å². The third kappa shape index (κ3) is 28.6. The van der Waals surface area contributed by atoms with E-state index in [0.717, 1.165) is 24.8 Å². The number of ether oxygens (including phenoxy) is 1. The van der Waals surface area contributed by atoms with Gasteiger partial charge in [0.1, 0.15) is 24.2 Å². The van der Waals surface area contributed by atoms with Crippen molar-refractivity contribution in [3.05, 3.63) is 58.2 Å². The van der Waals surface area contributed by atoms with Gasteiger partial charge in [-0.3, -0.25) is 33.6 Å². The summed E-state index contributed by atoms with van der Waals surface area (Å²) in [6.45, 7) is 10.7. The lowest BCUT2D eigenvalue weighted by Crippen LogP contribution is -2.59. The second kappa shape index (κ2) is 38.4. The van der Waals surface area contributed by atoms with Crippen molar-refractivity contribution in [2.45, 2.75) is 122 Å². The van der Waals surface area contributed by atoms with E-state index < -0.39 is 78.4 Å². The van der Waals surface area contributed by atoms with Crippen LogP contribution < -0.4 is 59.3 Å². The molecular weight excluding hydrogens is 931 g/mol. The van der Waals surface area contributed by atoms with Crippen LogP contribution in [0.3, 0.4) is 0 Å². The van der Waals surface area contributed by atoms with Crippen LogP contribution in [-0.4, -0.2) is 159 Å². The number of benzene rings is 1. The first-order valence-electron chi connectivity index (χ1n) is 25.1. The molecule has 0 aliphatic carbocycles. The minimum atomic E-state index is -1.54. The zero-order valence-corrected chi connectivity index (χ0v) is 42.4. The summed E-state index contributed by atoms with van der Waals surface area (Å²) in [5.41, 5.74) is 20.9. The first kappa shape index (κ1) is 61.9. The molecule has 0 aliphatic heterocycles. The molecule has 1 heterocycles. The predicted molar refractivity (Wildman–Crippen MR) is 271 cm³/mol. The molecule has 13 N–H and O–H groups in total. The molecule has 7 amide bonds. The molecule has 1 aromatic heterocycles. The number of carbonyl (C=O) groups excluding carboxylic acids is 7. The van der Waals surface area contributed by atoms with Crippen molar-refractivity contribution in [3.8, 4) is 0 Å². The summed E-state index contributed by atoms with van der Waals surface area (Å²) in [6.07, 6.45) is 5.04.